The van der Waals surface area contributed by atoms with Gasteiger partial charge in [-0.15, -0.1) is 0 Å². The summed E-state index contributed by atoms with van der Waals surface area (Å²) in [5.41, 5.74) is 3.61. The standard InChI is InChI=1S/C21H21N5O3/c1-12-11-14(7-8-17(12)26-18(27)9-10-19(26)28)23-21(29)22-13(2)20-24-15-5-3-4-6-16(15)25-20/h3-8,11,13H,9-10H2,1-2H3,(H,24,25)(H2,22,23,29)/t13-/m1/s1. The fourth-order valence-corrected chi connectivity index (χ4v) is 3.44. The Morgan fingerprint density at radius 3 is 2.55 bits per heavy atom. The fraction of sp³-hybridized carbons (Fsp3) is 0.238. The number of H-pyrrole nitrogens is 1. The van der Waals surface area contributed by atoms with Gasteiger partial charge in [-0.2, -0.15) is 0 Å². The quantitative estimate of drug-likeness (QED) is 0.592. The van der Waals surface area contributed by atoms with Gasteiger partial charge in [0.1, 0.15) is 5.82 Å². The van der Waals surface area contributed by atoms with E-state index in [4.69, 9.17) is 0 Å². The number of imidazole rings is 1. The molecule has 1 aromatic heterocycles. The first kappa shape index (κ1) is 18.7. The largest absolute Gasteiger partial charge is 0.340 e. The highest BCUT2D eigenvalue weighted by Gasteiger charge is 2.31. The first-order valence-electron chi connectivity index (χ1n) is 9.41. The van der Waals surface area contributed by atoms with E-state index in [0.717, 1.165) is 16.6 Å². The highest BCUT2D eigenvalue weighted by molar-refractivity contribution is 6.20. The van der Waals surface area contributed by atoms with Gasteiger partial charge in [-0.05, 0) is 49.7 Å². The molecule has 8 nitrogen and oxygen atoms in total. The molecule has 0 bridgehead atoms. The molecular formula is C21H21N5O3. The number of urea groups is 1. The number of carbonyl (C=O) groups excluding carboxylic acids is 3. The Morgan fingerprint density at radius 1 is 1.14 bits per heavy atom. The summed E-state index contributed by atoms with van der Waals surface area (Å²) in [6, 6.07) is 12.1. The first-order valence-corrected chi connectivity index (χ1v) is 9.41. The summed E-state index contributed by atoms with van der Waals surface area (Å²) in [5, 5.41) is 5.62. The van der Waals surface area contributed by atoms with Crippen LogP contribution in [0.5, 0.6) is 0 Å². The average Bonchev–Trinajstić information content (AvgIpc) is 3.26. The van der Waals surface area contributed by atoms with Crippen molar-refractivity contribution in [2.75, 3.05) is 10.2 Å². The Hall–Kier alpha value is -3.68. The number of hydrogen-bond acceptors (Lipinski definition) is 4. The van der Waals surface area contributed by atoms with Gasteiger partial charge in [0.2, 0.25) is 11.8 Å². The summed E-state index contributed by atoms with van der Waals surface area (Å²) in [4.78, 5) is 45.2. The van der Waals surface area contributed by atoms with Crippen molar-refractivity contribution < 1.29 is 14.4 Å². The van der Waals surface area contributed by atoms with Crippen molar-refractivity contribution in [1.82, 2.24) is 15.3 Å². The molecule has 4 amide bonds. The zero-order valence-electron chi connectivity index (χ0n) is 16.2. The minimum absolute atomic E-state index is 0.198. The zero-order valence-corrected chi connectivity index (χ0v) is 16.2. The van der Waals surface area contributed by atoms with Crippen LogP contribution in [0.2, 0.25) is 0 Å². The molecule has 29 heavy (non-hydrogen) atoms. The third-order valence-electron chi connectivity index (χ3n) is 4.91. The second-order valence-electron chi connectivity index (χ2n) is 7.08. The normalized spacial score (nSPS) is 15.0. The highest BCUT2D eigenvalue weighted by Crippen LogP contribution is 2.28. The van der Waals surface area contributed by atoms with E-state index in [1.807, 2.05) is 31.2 Å². The van der Waals surface area contributed by atoms with Gasteiger partial charge in [0.05, 0.1) is 22.8 Å². The SMILES string of the molecule is Cc1cc(NC(=O)N[C@H](C)c2nc3ccccc3[nH]2)ccc1N1C(=O)CCC1=O. The van der Waals surface area contributed by atoms with Crippen LogP contribution in [0.4, 0.5) is 16.2 Å². The number of amides is 4. The van der Waals surface area contributed by atoms with Crippen LogP contribution in [-0.2, 0) is 9.59 Å². The van der Waals surface area contributed by atoms with Crippen LogP contribution in [0.15, 0.2) is 42.5 Å². The third-order valence-corrected chi connectivity index (χ3v) is 4.91. The lowest BCUT2D eigenvalue weighted by atomic mass is 10.1. The van der Waals surface area contributed by atoms with Crippen molar-refractivity contribution in [2.24, 2.45) is 0 Å². The van der Waals surface area contributed by atoms with Gasteiger partial charge in [0, 0.05) is 18.5 Å². The van der Waals surface area contributed by atoms with Crippen molar-refractivity contribution >= 4 is 40.3 Å². The molecule has 2 aromatic carbocycles. The molecule has 1 aliphatic heterocycles. The van der Waals surface area contributed by atoms with Gasteiger partial charge in [0.15, 0.2) is 0 Å². The molecule has 0 spiro atoms. The van der Waals surface area contributed by atoms with Gasteiger partial charge < -0.3 is 15.6 Å². The number of carbonyl (C=O) groups is 3. The minimum atomic E-state index is -0.376. The summed E-state index contributed by atoms with van der Waals surface area (Å²) in [6.45, 7) is 3.64. The number of fused-ring (bicyclic) bond motifs is 1. The molecule has 1 aliphatic rings. The Labute approximate surface area is 167 Å². The smallest absolute Gasteiger partial charge is 0.319 e. The molecule has 3 aromatic rings. The van der Waals surface area contributed by atoms with E-state index in [1.54, 1.807) is 25.1 Å². The van der Waals surface area contributed by atoms with Crippen LogP contribution in [0.25, 0.3) is 11.0 Å². The Morgan fingerprint density at radius 2 is 1.86 bits per heavy atom. The summed E-state index contributed by atoms with van der Waals surface area (Å²) in [5.74, 6) is 0.270. The average molecular weight is 391 g/mol. The van der Waals surface area contributed by atoms with Gasteiger partial charge in [-0.25, -0.2) is 9.78 Å². The molecule has 148 valence electrons. The number of anilines is 2. The molecular weight excluding hydrogens is 370 g/mol. The number of aryl methyl sites for hydroxylation is 1. The molecule has 0 unspecified atom stereocenters. The second-order valence-corrected chi connectivity index (χ2v) is 7.08. The van der Waals surface area contributed by atoms with Gasteiger partial charge >= 0.3 is 6.03 Å². The first-order chi connectivity index (χ1) is 13.9. The van der Waals surface area contributed by atoms with Crippen molar-refractivity contribution in [2.45, 2.75) is 32.7 Å². The third kappa shape index (κ3) is 3.69. The van der Waals surface area contributed by atoms with E-state index < -0.39 is 0 Å². The Balaban J connectivity index is 1.43. The molecule has 8 heteroatoms. The number of benzene rings is 2. The number of rotatable bonds is 4. The number of nitrogens with zero attached hydrogens (tertiary/aromatic N) is 2. The molecule has 2 heterocycles. The number of hydrogen-bond donors (Lipinski definition) is 3. The number of para-hydroxylation sites is 2. The van der Waals surface area contributed by atoms with Gasteiger partial charge in [-0.3, -0.25) is 14.5 Å². The predicted octanol–water partition coefficient (Wildman–Crippen LogP) is 3.41. The van der Waals surface area contributed by atoms with Crippen molar-refractivity contribution in [3.63, 3.8) is 0 Å². The minimum Gasteiger partial charge on any atom is -0.340 e. The number of imide groups is 1. The molecule has 3 N–H and O–H groups in total. The lowest BCUT2D eigenvalue weighted by Crippen LogP contribution is -2.32. The van der Waals surface area contributed by atoms with Crippen LogP contribution in [0, 0.1) is 6.92 Å². The van der Waals surface area contributed by atoms with Crippen LogP contribution >= 0.6 is 0 Å². The van der Waals surface area contributed by atoms with E-state index in [0.29, 0.717) is 17.2 Å². The Bertz CT molecular complexity index is 1070. The van der Waals surface area contributed by atoms with Crippen LogP contribution < -0.4 is 15.5 Å². The summed E-state index contributed by atoms with van der Waals surface area (Å²) >= 11 is 0. The molecule has 0 aliphatic carbocycles. The molecule has 0 radical (unpaired) electrons. The number of aromatic amines is 1. The number of nitrogens with one attached hydrogen (secondary N) is 3. The van der Waals surface area contributed by atoms with E-state index in [9.17, 15) is 14.4 Å². The van der Waals surface area contributed by atoms with Crippen molar-refractivity contribution in [1.29, 1.82) is 0 Å². The van der Waals surface area contributed by atoms with E-state index in [1.165, 1.54) is 4.90 Å². The molecule has 0 saturated carbocycles. The Kier molecular flexibility index (Phi) is 4.75. The zero-order chi connectivity index (χ0) is 20.5. The van der Waals surface area contributed by atoms with Crippen LogP contribution in [-0.4, -0.2) is 27.8 Å². The van der Waals surface area contributed by atoms with Crippen LogP contribution in [0.3, 0.4) is 0 Å². The van der Waals surface area contributed by atoms with E-state index >= 15 is 0 Å². The highest BCUT2D eigenvalue weighted by atomic mass is 16.2. The molecule has 4 rings (SSSR count). The van der Waals surface area contributed by atoms with Gasteiger partial charge in [-0.1, -0.05) is 12.1 Å². The van der Waals surface area contributed by atoms with Crippen LogP contribution in [0.1, 0.15) is 37.2 Å². The van der Waals surface area contributed by atoms with Crippen molar-refractivity contribution in [3.05, 3.63) is 53.9 Å². The fourth-order valence-electron chi connectivity index (χ4n) is 3.44. The van der Waals surface area contributed by atoms with Crippen molar-refractivity contribution in [3.8, 4) is 0 Å². The van der Waals surface area contributed by atoms with E-state index in [2.05, 4.69) is 20.6 Å². The maximum Gasteiger partial charge on any atom is 0.319 e. The lowest BCUT2D eigenvalue weighted by molar-refractivity contribution is -0.121. The van der Waals surface area contributed by atoms with E-state index in [-0.39, 0.29) is 36.7 Å². The van der Waals surface area contributed by atoms with Gasteiger partial charge in [0.25, 0.3) is 0 Å². The second kappa shape index (κ2) is 7.38. The monoisotopic (exact) mass is 391 g/mol. The maximum atomic E-state index is 12.4. The topological polar surface area (TPSA) is 107 Å². The summed E-state index contributed by atoms with van der Waals surface area (Å²) in [7, 11) is 0. The lowest BCUT2D eigenvalue weighted by Gasteiger charge is -2.18. The molecule has 1 atom stereocenters. The maximum absolute atomic E-state index is 12.4. The summed E-state index contributed by atoms with van der Waals surface area (Å²) < 4.78 is 0. The molecule has 1 fully saturated rings. The summed E-state index contributed by atoms with van der Waals surface area (Å²) in [6.07, 6.45) is 0.473. The molecule has 1 saturated heterocycles. The number of aromatic nitrogens is 2. The predicted molar refractivity (Wildman–Crippen MR) is 110 cm³/mol.